The fraction of sp³-hybridized carbons (Fsp3) is 0.953. The van der Waals surface area contributed by atoms with Crippen LogP contribution >= 0.6 is 7.82 Å². The van der Waals surface area contributed by atoms with Crippen LogP contribution in [0.1, 0.15) is 202 Å². The van der Waals surface area contributed by atoms with E-state index in [-0.39, 0.29) is 11.5 Å². The monoisotopic (exact) mass is 691 g/mol. The maximum Gasteiger partial charge on any atom is 0.472 e. The molecular formula is C43H79O4P. The van der Waals surface area contributed by atoms with Crippen molar-refractivity contribution in [2.24, 2.45) is 46.3 Å². The molecule has 4 aliphatic carbocycles. The van der Waals surface area contributed by atoms with Crippen LogP contribution in [0.15, 0.2) is 11.6 Å². The van der Waals surface area contributed by atoms with E-state index in [0.717, 1.165) is 67.6 Å². The Morgan fingerprint density at radius 2 is 1.42 bits per heavy atom. The summed E-state index contributed by atoms with van der Waals surface area (Å²) < 4.78 is 24.2. The van der Waals surface area contributed by atoms with E-state index in [4.69, 9.17) is 9.05 Å². The minimum absolute atomic E-state index is 0.204. The van der Waals surface area contributed by atoms with Crippen LogP contribution < -0.4 is 0 Å². The van der Waals surface area contributed by atoms with Crippen LogP contribution in [0.3, 0.4) is 0 Å². The van der Waals surface area contributed by atoms with E-state index >= 15 is 0 Å². The first-order valence-electron chi connectivity index (χ1n) is 21.4. The summed E-state index contributed by atoms with van der Waals surface area (Å²) in [6, 6.07) is 0. The highest BCUT2D eigenvalue weighted by molar-refractivity contribution is 7.47. The van der Waals surface area contributed by atoms with Crippen molar-refractivity contribution in [2.75, 3.05) is 6.61 Å². The van der Waals surface area contributed by atoms with Gasteiger partial charge >= 0.3 is 7.82 Å². The first-order chi connectivity index (χ1) is 23.0. The SMILES string of the molecule is CCCCCCCCCCCCCCCCOP(=O)(O)O[C@H]1CC[C@@]2(C)C(=CC[C@H]3[C@@H]4CC[C@H](C(C)CCCC(C)C)[C@@]4(C)CC[C@@H]32)C1. The summed E-state index contributed by atoms with van der Waals surface area (Å²) in [5.41, 5.74) is 2.24. The minimum atomic E-state index is -4.03. The Morgan fingerprint density at radius 3 is 2.04 bits per heavy atom. The van der Waals surface area contributed by atoms with Crippen molar-refractivity contribution in [3.05, 3.63) is 11.6 Å². The van der Waals surface area contributed by atoms with Crippen molar-refractivity contribution in [1.29, 1.82) is 0 Å². The molecule has 0 aromatic carbocycles. The summed E-state index contributed by atoms with van der Waals surface area (Å²) in [6.07, 6.45) is 34.2. The molecule has 0 amide bonds. The summed E-state index contributed by atoms with van der Waals surface area (Å²) in [5.74, 6) is 4.97. The zero-order valence-electron chi connectivity index (χ0n) is 32.6. The molecule has 1 N–H and O–H groups in total. The van der Waals surface area contributed by atoms with Crippen molar-refractivity contribution in [3.8, 4) is 0 Å². The summed E-state index contributed by atoms with van der Waals surface area (Å²) in [6.45, 7) is 15.1. The third-order valence-corrected chi connectivity index (χ3v) is 15.4. The van der Waals surface area contributed by atoms with Gasteiger partial charge in [-0.25, -0.2) is 4.57 Å². The molecule has 3 saturated carbocycles. The van der Waals surface area contributed by atoms with E-state index in [1.807, 2.05) is 0 Å². The van der Waals surface area contributed by atoms with Crippen molar-refractivity contribution in [3.63, 3.8) is 0 Å². The number of rotatable bonds is 23. The van der Waals surface area contributed by atoms with Gasteiger partial charge in [-0.1, -0.05) is 156 Å². The number of unbranched alkanes of at least 4 members (excludes halogenated alkanes) is 13. The van der Waals surface area contributed by atoms with Gasteiger partial charge in [0.2, 0.25) is 0 Å². The molecule has 0 spiro atoms. The van der Waals surface area contributed by atoms with Crippen molar-refractivity contribution >= 4 is 7.82 Å². The molecule has 0 heterocycles. The highest BCUT2D eigenvalue weighted by atomic mass is 31.2. The molecule has 5 heteroatoms. The number of phosphoric ester groups is 1. The molecule has 9 atom stereocenters. The predicted octanol–water partition coefficient (Wildman–Crippen LogP) is 14.0. The van der Waals surface area contributed by atoms with Crippen molar-refractivity contribution in [1.82, 2.24) is 0 Å². The van der Waals surface area contributed by atoms with E-state index in [2.05, 4.69) is 47.6 Å². The number of hydrogen-bond donors (Lipinski definition) is 1. The van der Waals surface area contributed by atoms with Crippen LogP contribution in [0.2, 0.25) is 0 Å². The van der Waals surface area contributed by atoms with Crippen LogP contribution in [-0.2, 0) is 13.6 Å². The van der Waals surface area contributed by atoms with Gasteiger partial charge in [0.25, 0.3) is 0 Å². The Bertz CT molecular complexity index is 1010. The smallest absolute Gasteiger partial charge is 0.302 e. The van der Waals surface area contributed by atoms with E-state index in [1.165, 1.54) is 134 Å². The van der Waals surface area contributed by atoms with Gasteiger partial charge in [-0.2, -0.15) is 0 Å². The van der Waals surface area contributed by atoms with Crippen LogP contribution in [-0.4, -0.2) is 17.6 Å². The maximum atomic E-state index is 12.9. The summed E-state index contributed by atoms with van der Waals surface area (Å²) >= 11 is 0. The molecular weight excluding hydrogens is 611 g/mol. The molecule has 0 aromatic heterocycles. The number of phosphoric acid groups is 1. The van der Waals surface area contributed by atoms with Crippen LogP contribution in [0.5, 0.6) is 0 Å². The normalized spacial score (nSPS) is 33.5. The lowest BCUT2D eigenvalue weighted by Crippen LogP contribution is -2.51. The van der Waals surface area contributed by atoms with Gasteiger partial charge in [0, 0.05) is 0 Å². The molecule has 0 bridgehead atoms. The second-order valence-electron chi connectivity index (χ2n) is 18.2. The van der Waals surface area contributed by atoms with E-state index < -0.39 is 7.82 Å². The number of fused-ring (bicyclic) bond motifs is 5. The standard InChI is InChI=1S/C43H79O4P/c1-7-8-9-10-11-12-13-14-15-16-17-18-19-20-32-46-48(44,45)47-37-28-30-42(5)36(33-37)24-25-38-40-27-26-39(35(4)23-21-22-34(2)3)43(40,6)31-29-41(38)42/h24,34-35,37-41H,7-23,25-33H2,1-6H3,(H,44,45)/t35?,37-,38-,39+,40-,41-,42-,43+/m0/s1. The topological polar surface area (TPSA) is 55.8 Å². The Hall–Kier alpha value is -0.150. The molecule has 3 fully saturated rings. The van der Waals surface area contributed by atoms with Crippen LogP contribution in [0.4, 0.5) is 0 Å². The molecule has 2 unspecified atom stereocenters. The molecule has 0 saturated heterocycles. The van der Waals surface area contributed by atoms with Crippen LogP contribution in [0.25, 0.3) is 0 Å². The molecule has 280 valence electrons. The maximum absolute atomic E-state index is 12.9. The molecule has 0 aromatic rings. The van der Waals surface area contributed by atoms with Gasteiger partial charge in [-0.3, -0.25) is 9.05 Å². The molecule has 0 radical (unpaired) electrons. The number of hydrogen-bond acceptors (Lipinski definition) is 3. The second-order valence-corrected chi connectivity index (χ2v) is 19.6. The summed E-state index contributed by atoms with van der Waals surface area (Å²) in [4.78, 5) is 10.6. The average molecular weight is 691 g/mol. The highest BCUT2D eigenvalue weighted by Crippen LogP contribution is 2.67. The Morgan fingerprint density at radius 1 is 0.792 bits per heavy atom. The third kappa shape index (κ3) is 11.2. The Kier molecular flexibility index (Phi) is 16.6. The van der Waals surface area contributed by atoms with Crippen molar-refractivity contribution in [2.45, 2.75) is 208 Å². The Balaban J connectivity index is 1.13. The molecule has 0 aliphatic heterocycles. The fourth-order valence-corrected chi connectivity index (χ4v) is 12.4. The molecule has 4 rings (SSSR count). The van der Waals surface area contributed by atoms with Crippen molar-refractivity contribution < 1.29 is 18.5 Å². The fourth-order valence-electron chi connectivity index (χ4n) is 11.4. The van der Waals surface area contributed by atoms with Crippen LogP contribution in [0, 0.1) is 46.3 Å². The largest absolute Gasteiger partial charge is 0.472 e. The summed E-state index contributed by atoms with van der Waals surface area (Å²) in [7, 11) is -4.03. The van der Waals surface area contributed by atoms with Gasteiger partial charge in [0.1, 0.15) is 0 Å². The van der Waals surface area contributed by atoms with Gasteiger partial charge in [0.15, 0.2) is 0 Å². The van der Waals surface area contributed by atoms with E-state index in [0.29, 0.717) is 12.0 Å². The molecule has 4 nitrogen and oxygen atoms in total. The lowest BCUT2D eigenvalue weighted by molar-refractivity contribution is -0.0573. The molecule has 48 heavy (non-hydrogen) atoms. The average Bonchev–Trinajstić information content (AvgIpc) is 3.40. The summed E-state index contributed by atoms with van der Waals surface area (Å²) in [5, 5.41) is 0. The van der Waals surface area contributed by atoms with E-state index in [1.54, 1.807) is 0 Å². The first-order valence-corrected chi connectivity index (χ1v) is 22.8. The second kappa shape index (κ2) is 19.6. The lowest BCUT2D eigenvalue weighted by Gasteiger charge is -2.58. The van der Waals surface area contributed by atoms with Gasteiger partial charge in [-0.05, 0) is 104 Å². The zero-order valence-corrected chi connectivity index (χ0v) is 33.5. The molecule has 4 aliphatic rings. The Labute approximate surface area is 298 Å². The highest BCUT2D eigenvalue weighted by Gasteiger charge is 2.59. The first kappa shape index (κ1) is 40.6. The lowest BCUT2D eigenvalue weighted by atomic mass is 9.47. The van der Waals surface area contributed by atoms with Gasteiger partial charge < -0.3 is 4.89 Å². The van der Waals surface area contributed by atoms with Gasteiger partial charge in [0.05, 0.1) is 12.7 Å². The minimum Gasteiger partial charge on any atom is -0.302 e. The van der Waals surface area contributed by atoms with Gasteiger partial charge in [-0.15, -0.1) is 0 Å². The number of allylic oxidation sites excluding steroid dienone is 1. The third-order valence-electron chi connectivity index (χ3n) is 14.3. The predicted molar refractivity (Wildman–Crippen MR) is 204 cm³/mol. The van der Waals surface area contributed by atoms with E-state index in [9.17, 15) is 9.46 Å². The zero-order chi connectivity index (χ0) is 34.6. The quantitative estimate of drug-likeness (QED) is 0.0659.